The van der Waals surface area contributed by atoms with Crippen molar-refractivity contribution in [3.05, 3.63) is 64.1 Å². The van der Waals surface area contributed by atoms with Gasteiger partial charge in [-0.3, -0.25) is 0 Å². The summed E-state index contributed by atoms with van der Waals surface area (Å²) in [6, 6.07) is 8.80. The summed E-state index contributed by atoms with van der Waals surface area (Å²) in [4.78, 5) is 0.0892. The van der Waals surface area contributed by atoms with E-state index < -0.39 is 27.7 Å². The Bertz CT molecular complexity index is 765. The van der Waals surface area contributed by atoms with Gasteiger partial charge in [-0.05, 0) is 42.8 Å². The average molecular weight is 376 g/mol. The minimum absolute atomic E-state index is 0.0892. The summed E-state index contributed by atoms with van der Waals surface area (Å²) in [5.74, 6) is -1.98. The van der Waals surface area contributed by atoms with Crippen molar-refractivity contribution in [2.45, 2.75) is 17.9 Å². The third kappa shape index (κ3) is 3.87. The van der Waals surface area contributed by atoms with Gasteiger partial charge >= 0.3 is 0 Å². The minimum Gasteiger partial charge on any atom is -0.207 e. The molecule has 3 nitrogen and oxygen atoms in total. The van der Waals surface area contributed by atoms with Crippen molar-refractivity contribution < 1.29 is 17.2 Å². The molecule has 0 amide bonds. The smallest absolute Gasteiger partial charge is 0.207 e. The first-order valence-electron chi connectivity index (χ1n) is 6.02. The predicted molar refractivity (Wildman–Crippen MR) is 79.2 cm³/mol. The number of benzene rings is 2. The Morgan fingerprint density at radius 3 is 2.43 bits per heavy atom. The molecule has 1 N–H and O–H groups in total. The van der Waals surface area contributed by atoms with E-state index in [1.165, 1.54) is 18.2 Å². The zero-order valence-electron chi connectivity index (χ0n) is 11.0. The highest BCUT2D eigenvalue weighted by atomic mass is 79.9. The summed E-state index contributed by atoms with van der Waals surface area (Å²) in [5, 5.41) is 0. The Labute approximate surface area is 130 Å². The molecule has 0 aromatic heterocycles. The quantitative estimate of drug-likeness (QED) is 0.883. The second-order valence-corrected chi connectivity index (χ2v) is 7.10. The van der Waals surface area contributed by atoms with Crippen LogP contribution in [0.2, 0.25) is 0 Å². The molecule has 1 atom stereocenters. The fourth-order valence-corrected chi connectivity index (χ4v) is 3.61. The molecule has 2 aromatic carbocycles. The molecule has 7 heteroatoms. The van der Waals surface area contributed by atoms with Gasteiger partial charge in [0.15, 0.2) is 11.6 Å². The van der Waals surface area contributed by atoms with Crippen LogP contribution in [0.5, 0.6) is 0 Å². The number of sulfonamides is 1. The summed E-state index contributed by atoms with van der Waals surface area (Å²) in [7, 11) is -3.75. The molecule has 0 aliphatic carbocycles. The van der Waals surface area contributed by atoms with E-state index in [2.05, 4.69) is 20.7 Å². The van der Waals surface area contributed by atoms with Crippen LogP contribution >= 0.6 is 15.9 Å². The molecule has 21 heavy (non-hydrogen) atoms. The van der Waals surface area contributed by atoms with Crippen LogP contribution in [-0.2, 0) is 10.0 Å². The lowest BCUT2D eigenvalue weighted by Crippen LogP contribution is -2.27. The van der Waals surface area contributed by atoms with E-state index in [9.17, 15) is 17.2 Å². The van der Waals surface area contributed by atoms with Crippen LogP contribution in [0.4, 0.5) is 8.78 Å². The molecule has 0 saturated carbocycles. The zero-order chi connectivity index (χ0) is 15.6. The average Bonchev–Trinajstić information content (AvgIpc) is 2.41. The first kappa shape index (κ1) is 16.1. The standard InChI is InChI=1S/C14H12BrF2NO2S/c1-9(10-5-6-13(16)14(17)7-10)18-21(19,20)12-4-2-3-11(15)8-12/h2-9,18H,1H3/t9-/m1/s1. The number of rotatable bonds is 4. The van der Waals surface area contributed by atoms with Gasteiger partial charge in [-0.15, -0.1) is 0 Å². The minimum atomic E-state index is -3.75. The number of nitrogens with one attached hydrogen (secondary N) is 1. The van der Waals surface area contributed by atoms with Gasteiger partial charge < -0.3 is 0 Å². The first-order valence-corrected chi connectivity index (χ1v) is 8.30. The molecule has 0 aliphatic rings. The van der Waals surface area contributed by atoms with Gasteiger partial charge in [-0.1, -0.05) is 28.1 Å². The summed E-state index contributed by atoms with van der Waals surface area (Å²) in [5.41, 5.74) is 0.340. The molecule has 0 unspecified atom stereocenters. The highest BCUT2D eigenvalue weighted by Crippen LogP contribution is 2.21. The lowest BCUT2D eigenvalue weighted by Gasteiger charge is -2.15. The first-order chi connectivity index (χ1) is 9.79. The van der Waals surface area contributed by atoms with Crippen molar-refractivity contribution in [1.82, 2.24) is 4.72 Å². The van der Waals surface area contributed by atoms with E-state index in [0.29, 0.717) is 10.0 Å². The van der Waals surface area contributed by atoms with Gasteiger partial charge in [0.1, 0.15) is 0 Å². The lowest BCUT2D eigenvalue weighted by atomic mass is 10.1. The molecule has 0 fully saturated rings. The van der Waals surface area contributed by atoms with Gasteiger partial charge in [-0.25, -0.2) is 21.9 Å². The Morgan fingerprint density at radius 2 is 1.81 bits per heavy atom. The van der Waals surface area contributed by atoms with E-state index in [0.717, 1.165) is 12.1 Å². The van der Waals surface area contributed by atoms with Crippen molar-refractivity contribution in [3.63, 3.8) is 0 Å². The third-order valence-corrected chi connectivity index (χ3v) is 4.91. The molecule has 2 aromatic rings. The van der Waals surface area contributed by atoms with E-state index in [1.54, 1.807) is 19.1 Å². The molecule has 2 rings (SSSR count). The molecule has 0 aliphatic heterocycles. The van der Waals surface area contributed by atoms with E-state index >= 15 is 0 Å². The van der Waals surface area contributed by atoms with Gasteiger partial charge in [0.05, 0.1) is 4.90 Å². The van der Waals surface area contributed by atoms with Gasteiger partial charge in [-0.2, -0.15) is 0 Å². The molecule has 0 saturated heterocycles. The molecule has 0 spiro atoms. The predicted octanol–water partition coefficient (Wildman–Crippen LogP) is 3.77. The number of halogens is 3. The highest BCUT2D eigenvalue weighted by Gasteiger charge is 2.19. The monoisotopic (exact) mass is 375 g/mol. The maximum atomic E-state index is 13.2. The Balaban J connectivity index is 2.25. The fourth-order valence-electron chi connectivity index (χ4n) is 1.78. The zero-order valence-corrected chi connectivity index (χ0v) is 13.4. The van der Waals surface area contributed by atoms with Crippen molar-refractivity contribution in [2.24, 2.45) is 0 Å². The van der Waals surface area contributed by atoms with Crippen LogP contribution in [0.25, 0.3) is 0 Å². The maximum absolute atomic E-state index is 13.2. The van der Waals surface area contributed by atoms with Crippen LogP contribution in [0.15, 0.2) is 51.8 Å². The van der Waals surface area contributed by atoms with Gasteiger partial charge in [0.25, 0.3) is 0 Å². The van der Waals surface area contributed by atoms with Crippen molar-refractivity contribution in [3.8, 4) is 0 Å². The largest absolute Gasteiger partial charge is 0.241 e. The van der Waals surface area contributed by atoms with Gasteiger partial charge in [0.2, 0.25) is 10.0 Å². The van der Waals surface area contributed by atoms with Crippen LogP contribution in [-0.4, -0.2) is 8.42 Å². The fraction of sp³-hybridized carbons (Fsp3) is 0.143. The molecular weight excluding hydrogens is 364 g/mol. The molecular formula is C14H12BrF2NO2S. The molecule has 112 valence electrons. The SMILES string of the molecule is C[C@@H](NS(=O)(=O)c1cccc(Br)c1)c1ccc(F)c(F)c1. The Morgan fingerprint density at radius 1 is 1.10 bits per heavy atom. The third-order valence-electron chi connectivity index (χ3n) is 2.88. The Hall–Kier alpha value is -1.31. The summed E-state index contributed by atoms with van der Waals surface area (Å²) in [6.45, 7) is 1.56. The molecule has 0 radical (unpaired) electrons. The van der Waals surface area contributed by atoms with E-state index in [1.807, 2.05) is 0 Å². The highest BCUT2D eigenvalue weighted by molar-refractivity contribution is 9.10. The van der Waals surface area contributed by atoms with E-state index in [-0.39, 0.29) is 4.90 Å². The summed E-state index contributed by atoms with van der Waals surface area (Å²) in [6.07, 6.45) is 0. The lowest BCUT2D eigenvalue weighted by molar-refractivity contribution is 0.504. The van der Waals surface area contributed by atoms with Crippen molar-refractivity contribution in [1.29, 1.82) is 0 Å². The van der Waals surface area contributed by atoms with Gasteiger partial charge in [0, 0.05) is 10.5 Å². The van der Waals surface area contributed by atoms with Crippen molar-refractivity contribution in [2.75, 3.05) is 0 Å². The number of hydrogen-bond donors (Lipinski definition) is 1. The topological polar surface area (TPSA) is 46.2 Å². The summed E-state index contributed by atoms with van der Waals surface area (Å²) < 4.78 is 53.6. The second-order valence-electron chi connectivity index (χ2n) is 4.47. The van der Waals surface area contributed by atoms with Crippen LogP contribution in [0, 0.1) is 11.6 Å². The Kier molecular flexibility index (Phi) is 4.75. The van der Waals surface area contributed by atoms with Crippen LogP contribution in [0.3, 0.4) is 0 Å². The second kappa shape index (κ2) is 6.21. The van der Waals surface area contributed by atoms with Crippen molar-refractivity contribution >= 4 is 26.0 Å². The summed E-state index contributed by atoms with van der Waals surface area (Å²) >= 11 is 3.20. The number of hydrogen-bond acceptors (Lipinski definition) is 2. The maximum Gasteiger partial charge on any atom is 0.241 e. The van der Waals surface area contributed by atoms with Crippen LogP contribution < -0.4 is 4.72 Å². The van der Waals surface area contributed by atoms with E-state index in [4.69, 9.17) is 0 Å². The normalized spacial score (nSPS) is 13.1. The molecule has 0 heterocycles. The molecule has 0 bridgehead atoms. The van der Waals surface area contributed by atoms with Crippen LogP contribution in [0.1, 0.15) is 18.5 Å².